The Hall–Kier alpha value is -1.87. The van der Waals surface area contributed by atoms with Crippen molar-refractivity contribution in [2.75, 3.05) is 39.9 Å². The van der Waals surface area contributed by atoms with Crippen LogP contribution in [0.4, 0.5) is 5.69 Å². The van der Waals surface area contributed by atoms with E-state index in [2.05, 4.69) is 5.32 Å². The van der Waals surface area contributed by atoms with Gasteiger partial charge in [-0.3, -0.25) is 0 Å². The van der Waals surface area contributed by atoms with Crippen LogP contribution in [0.5, 0.6) is 5.75 Å². The van der Waals surface area contributed by atoms with Crippen LogP contribution in [0.2, 0.25) is 5.02 Å². The first-order chi connectivity index (χ1) is 14.9. The summed E-state index contributed by atoms with van der Waals surface area (Å²) in [7, 11) is 4.83. The molecule has 0 saturated carbocycles. The van der Waals surface area contributed by atoms with Crippen molar-refractivity contribution in [2.24, 2.45) is 0 Å². The van der Waals surface area contributed by atoms with Gasteiger partial charge >= 0.3 is 0 Å². The average Bonchev–Trinajstić information content (AvgIpc) is 3.09. The summed E-state index contributed by atoms with van der Waals surface area (Å²) in [6, 6.07) is 13.8. The number of hydrogen-bond donors (Lipinski definition) is 2. The summed E-state index contributed by atoms with van der Waals surface area (Å²) >= 11 is 6.03. The van der Waals surface area contributed by atoms with Gasteiger partial charge in [-0.25, -0.2) is 0 Å². The lowest BCUT2D eigenvalue weighted by Gasteiger charge is -2.37. The number of halogens is 1. The molecule has 170 valence electrons. The third kappa shape index (κ3) is 5.68. The molecule has 0 aromatic heterocycles. The van der Waals surface area contributed by atoms with Gasteiger partial charge in [-0.1, -0.05) is 23.7 Å². The quantitative estimate of drug-likeness (QED) is 0.570. The largest absolute Gasteiger partial charge is 0.497 e. The normalized spacial score (nSPS) is 22.1. The second-order valence-corrected chi connectivity index (χ2v) is 8.02. The Bertz CT molecular complexity index is 802. The van der Waals surface area contributed by atoms with E-state index >= 15 is 0 Å². The maximum atomic E-state index is 11.3. The number of methoxy groups -OCH3 is 3. The van der Waals surface area contributed by atoms with E-state index in [-0.39, 0.29) is 12.2 Å². The van der Waals surface area contributed by atoms with E-state index in [1.165, 1.54) is 0 Å². The van der Waals surface area contributed by atoms with Crippen LogP contribution in [-0.4, -0.2) is 63.7 Å². The molecule has 31 heavy (non-hydrogen) atoms. The summed E-state index contributed by atoms with van der Waals surface area (Å²) in [5.74, 6) is -0.425. The van der Waals surface area contributed by atoms with Crippen LogP contribution in [0.25, 0.3) is 0 Å². The Morgan fingerprint density at radius 1 is 0.968 bits per heavy atom. The molecule has 0 amide bonds. The van der Waals surface area contributed by atoms with E-state index in [4.69, 9.17) is 35.3 Å². The van der Waals surface area contributed by atoms with E-state index in [1.54, 1.807) is 45.6 Å². The van der Waals surface area contributed by atoms with Crippen LogP contribution < -0.4 is 10.1 Å². The van der Waals surface area contributed by atoms with Gasteiger partial charge in [-0.05, 0) is 48.9 Å². The van der Waals surface area contributed by atoms with E-state index in [0.717, 1.165) is 11.4 Å². The van der Waals surface area contributed by atoms with Crippen molar-refractivity contribution in [3.05, 3.63) is 59.1 Å². The molecule has 2 unspecified atom stereocenters. The first-order valence-corrected chi connectivity index (χ1v) is 10.5. The molecular weight excluding hydrogens is 422 g/mol. The van der Waals surface area contributed by atoms with Gasteiger partial charge in [0, 0.05) is 24.9 Å². The molecule has 1 heterocycles. The predicted octanol–water partition coefficient (Wildman–Crippen LogP) is 3.66. The molecule has 4 atom stereocenters. The van der Waals surface area contributed by atoms with Crippen LogP contribution in [0.3, 0.4) is 0 Å². The molecule has 3 rings (SSSR count). The van der Waals surface area contributed by atoms with Crippen molar-refractivity contribution in [3.63, 3.8) is 0 Å². The SMILES string of the molecule is COC[C@@H]1OC(C)(C(Nc2ccc(OC)cc2)C(O)c2ccc(Cl)cc2)O[C@H]1COC. The number of anilines is 1. The number of nitrogens with one attached hydrogen (secondary N) is 1. The molecule has 8 heteroatoms. The fraction of sp³-hybridized carbons (Fsp3) is 0.478. The zero-order valence-corrected chi connectivity index (χ0v) is 19.0. The second kappa shape index (κ2) is 10.6. The molecule has 0 radical (unpaired) electrons. The summed E-state index contributed by atoms with van der Waals surface area (Å²) in [5.41, 5.74) is 1.47. The standard InChI is InChI=1S/C23H30ClNO6/c1-23(30-19(13-27-2)20(31-23)14-28-3)22(21(26)15-5-7-16(24)8-6-15)25-17-9-11-18(29-4)12-10-17/h5-12,19-22,25-26H,13-14H2,1-4H3/t19-,20-,21?,22?/m0/s1. The third-order valence-corrected chi connectivity index (χ3v) is 5.60. The monoisotopic (exact) mass is 451 g/mol. The topological polar surface area (TPSA) is 78.4 Å². The minimum atomic E-state index is -1.16. The van der Waals surface area contributed by atoms with Crippen LogP contribution >= 0.6 is 11.6 Å². The molecule has 0 bridgehead atoms. The molecule has 1 fully saturated rings. The van der Waals surface area contributed by atoms with Gasteiger partial charge in [0.05, 0.1) is 20.3 Å². The van der Waals surface area contributed by atoms with E-state index in [9.17, 15) is 5.11 Å². The first-order valence-electron chi connectivity index (χ1n) is 10.1. The zero-order valence-electron chi connectivity index (χ0n) is 18.2. The smallest absolute Gasteiger partial charge is 0.189 e. The van der Waals surface area contributed by atoms with Crippen molar-refractivity contribution in [1.82, 2.24) is 0 Å². The first kappa shape index (κ1) is 23.8. The van der Waals surface area contributed by atoms with Gasteiger partial charge in [0.2, 0.25) is 0 Å². The lowest BCUT2D eigenvalue weighted by atomic mass is 9.95. The van der Waals surface area contributed by atoms with Crippen molar-refractivity contribution in [1.29, 1.82) is 0 Å². The lowest BCUT2D eigenvalue weighted by molar-refractivity contribution is -0.193. The Morgan fingerprint density at radius 3 is 2.00 bits per heavy atom. The summed E-state index contributed by atoms with van der Waals surface area (Å²) < 4.78 is 28.4. The van der Waals surface area contributed by atoms with Crippen LogP contribution in [0, 0.1) is 0 Å². The molecule has 2 aromatic carbocycles. The number of rotatable bonds is 10. The summed E-state index contributed by atoms with van der Waals surface area (Å²) in [5, 5.41) is 15.3. The van der Waals surface area contributed by atoms with Gasteiger partial charge in [0.25, 0.3) is 0 Å². The highest BCUT2D eigenvalue weighted by Gasteiger charge is 2.52. The highest BCUT2D eigenvalue weighted by molar-refractivity contribution is 6.30. The molecule has 7 nitrogen and oxygen atoms in total. The number of benzene rings is 2. The van der Waals surface area contributed by atoms with Crippen LogP contribution in [-0.2, 0) is 18.9 Å². The maximum absolute atomic E-state index is 11.3. The Morgan fingerprint density at radius 2 is 1.52 bits per heavy atom. The fourth-order valence-electron chi connectivity index (χ4n) is 3.75. The minimum Gasteiger partial charge on any atom is -0.497 e. The zero-order chi connectivity index (χ0) is 22.4. The van der Waals surface area contributed by atoms with Crippen molar-refractivity contribution in [2.45, 2.75) is 37.1 Å². The van der Waals surface area contributed by atoms with Gasteiger partial charge in [-0.15, -0.1) is 0 Å². The van der Waals surface area contributed by atoms with E-state index in [1.807, 2.05) is 31.2 Å². The molecule has 1 aliphatic rings. The molecule has 0 spiro atoms. The third-order valence-electron chi connectivity index (χ3n) is 5.35. The van der Waals surface area contributed by atoms with Crippen LogP contribution in [0.15, 0.2) is 48.5 Å². The van der Waals surface area contributed by atoms with Crippen molar-refractivity contribution < 1.29 is 28.8 Å². The number of aliphatic hydroxyl groups excluding tert-OH is 1. The number of hydrogen-bond acceptors (Lipinski definition) is 7. The van der Waals surface area contributed by atoms with Crippen molar-refractivity contribution in [3.8, 4) is 5.75 Å². The fourth-order valence-corrected chi connectivity index (χ4v) is 3.88. The average molecular weight is 452 g/mol. The summed E-state index contributed by atoms with van der Waals surface area (Å²) in [6.45, 7) is 2.50. The van der Waals surface area contributed by atoms with Gasteiger partial charge < -0.3 is 34.1 Å². The van der Waals surface area contributed by atoms with Gasteiger partial charge in [-0.2, -0.15) is 0 Å². The summed E-state index contributed by atoms with van der Waals surface area (Å²) in [6.07, 6.45) is -1.63. The minimum absolute atomic E-state index is 0.340. The van der Waals surface area contributed by atoms with E-state index in [0.29, 0.717) is 23.8 Å². The Balaban J connectivity index is 1.92. The second-order valence-electron chi connectivity index (χ2n) is 7.59. The molecular formula is C23H30ClNO6. The van der Waals surface area contributed by atoms with Gasteiger partial charge in [0.15, 0.2) is 5.79 Å². The van der Waals surface area contributed by atoms with E-state index < -0.39 is 17.9 Å². The lowest BCUT2D eigenvalue weighted by Crippen LogP contribution is -2.50. The van der Waals surface area contributed by atoms with Crippen LogP contribution in [0.1, 0.15) is 18.6 Å². The Kier molecular flexibility index (Phi) is 8.16. The Labute approximate surface area is 188 Å². The van der Waals surface area contributed by atoms with Crippen molar-refractivity contribution >= 4 is 17.3 Å². The molecule has 2 aromatic rings. The molecule has 1 aliphatic heterocycles. The molecule has 1 saturated heterocycles. The number of ether oxygens (including phenoxy) is 5. The molecule has 0 aliphatic carbocycles. The molecule has 2 N–H and O–H groups in total. The van der Waals surface area contributed by atoms with Gasteiger partial charge in [0.1, 0.15) is 30.1 Å². The highest BCUT2D eigenvalue weighted by Crippen LogP contribution is 2.39. The highest BCUT2D eigenvalue weighted by atomic mass is 35.5. The summed E-state index contributed by atoms with van der Waals surface area (Å²) in [4.78, 5) is 0. The maximum Gasteiger partial charge on any atom is 0.189 e. The predicted molar refractivity (Wildman–Crippen MR) is 119 cm³/mol. The number of aliphatic hydroxyl groups is 1.